The van der Waals surface area contributed by atoms with Crippen molar-refractivity contribution in [1.29, 1.82) is 0 Å². The molecule has 0 spiro atoms. The maximum Gasteiger partial charge on any atom is 0.573 e. The Balaban J connectivity index is 0.000000300. The second-order valence-corrected chi connectivity index (χ2v) is 4.65. The average molecular weight is 384 g/mol. The predicted molar refractivity (Wildman–Crippen MR) is 79.2 cm³/mol. The third-order valence-electron chi connectivity index (χ3n) is 2.43. The van der Waals surface area contributed by atoms with Gasteiger partial charge in [0.25, 0.3) is 0 Å². The van der Waals surface area contributed by atoms with Crippen molar-refractivity contribution >= 4 is 35.2 Å². The molecule has 10 heteroatoms. The Morgan fingerprint density at radius 1 is 1.12 bits per heavy atom. The van der Waals surface area contributed by atoms with Gasteiger partial charge in [-0.3, -0.25) is 9.59 Å². The van der Waals surface area contributed by atoms with Crippen LogP contribution in [0.5, 0.6) is 11.5 Å². The maximum absolute atomic E-state index is 12.0. The van der Waals surface area contributed by atoms with Crippen LogP contribution < -0.4 is 9.47 Å². The van der Waals surface area contributed by atoms with Gasteiger partial charge in [-0.1, -0.05) is 12.1 Å². The molecule has 0 aromatic heterocycles. The van der Waals surface area contributed by atoms with Crippen LogP contribution in [0, 0.1) is 11.3 Å². The van der Waals surface area contributed by atoms with Crippen LogP contribution in [0.15, 0.2) is 24.3 Å². The summed E-state index contributed by atoms with van der Waals surface area (Å²) in [5.41, 5.74) is 0. The zero-order chi connectivity index (χ0) is 18.2. The second kappa shape index (κ2) is 9.25. The van der Waals surface area contributed by atoms with Crippen LogP contribution in [0.2, 0.25) is 0 Å². The van der Waals surface area contributed by atoms with E-state index >= 15 is 0 Å². The number of carbonyl (C=O) groups excluding carboxylic acids is 2. The smallest absolute Gasteiger partial charge is 0.477 e. The van der Waals surface area contributed by atoms with E-state index in [1.807, 2.05) is 5.38 Å². The average Bonchev–Trinajstić information content (AvgIpc) is 2.80. The lowest BCUT2D eigenvalue weighted by Gasteiger charge is -2.12. The fraction of sp³-hybridized carbons (Fsp3) is 0.286. The highest BCUT2D eigenvalue weighted by Gasteiger charge is 2.32. The van der Waals surface area contributed by atoms with Gasteiger partial charge in [0.05, 0.1) is 0 Å². The summed E-state index contributed by atoms with van der Waals surface area (Å²) in [6, 6.07) is 5.42. The summed E-state index contributed by atoms with van der Waals surface area (Å²) in [6.07, 6.45) is -4.22. The van der Waals surface area contributed by atoms with E-state index in [9.17, 15) is 22.8 Å². The van der Waals surface area contributed by atoms with Crippen molar-refractivity contribution < 1.29 is 32.2 Å². The third-order valence-corrected chi connectivity index (χ3v) is 2.94. The highest BCUT2D eigenvalue weighted by molar-refractivity contribution is 6.32. The zero-order valence-corrected chi connectivity index (χ0v) is 13.4. The minimum absolute atomic E-state index is 0.0424. The van der Waals surface area contributed by atoms with Gasteiger partial charge in [0, 0.05) is 30.0 Å². The van der Waals surface area contributed by atoms with E-state index in [-0.39, 0.29) is 37.0 Å². The van der Waals surface area contributed by atoms with E-state index in [4.69, 9.17) is 28.1 Å². The number of benzene rings is 1. The SMILES string of the molecule is FC(F)(F)Oc1ccccc1OCC#CCl.O=C1CCC(=O)N1Cl. The van der Waals surface area contributed by atoms with E-state index in [0.29, 0.717) is 4.42 Å². The van der Waals surface area contributed by atoms with Crippen molar-refractivity contribution in [3.05, 3.63) is 24.3 Å². The van der Waals surface area contributed by atoms with Gasteiger partial charge in [0.15, 0.2) is 18.1 Å². The number of ether oxygens (including phenoxy) is 2. The molecule has 1 heterocycles. The van der Waals surface area contributed by atoms with E-state index in [1.165, 1.54) is 18.2 Å². The molecule has 0 bridgehead atoms. The number of hydrogen-bond donors (Lipinski definition) is 0. The highest BCUT2D eigenvalue weighted by Crippen LogP contribution is 2.31. The van der Waals surface area contributed by atoms with Crippen LogP contribution in [0.1, 0.15) is 12.8 Å². The first-order valence-corrected chi connectivity index (χ1v) is 7.04. The van der Waals surface area contributed by atoms with E-state index in [2.05, 4.69) is 10.7 Å². The molecule has 0 radical (unpaired) electrons. The van der Waals surface area contributed by atoms with Gasteiger partial charge in [-0.15, -0.1) is 13.2 Å². The molecule has 2 amide bonds. The summed E-state index contributed by atoms with van der Waals surface area (Å²) in [5.74, 6) is 1.30. The molecule has 0 unspecified atom stereocenters. The molecule has 5 nitrogen and oxygen atoms in total. The molecule has 0 atom stereocenters. The lowest BCUT2D eigenvalue weighted by atomic mass is 10.3. The van der Waals surface area contributed by atoms with Crippen LogP contribution in [-0.4, -0.2) is 29.2 Å². The van der Waals surface area contributed by atoms with Gasteiger partial charge in [0.1, 0.15) is 0 Å². The summed E-state index contributed by atoms with van der Waals surface area (Å²) in [4.78, 5) is 20.7. The van der Waals surface area contributed by atoms with Gasteiger partial charge >= 0.3 is 6.36 Å². The number of para-hydroxylation sites is 2. The number of amides is 2. The standard InChI is InChI=1S/C10H6ClF3O2.C4H4ClNO2/c11-6-3-7-15-8-4-1-2-5-9(8)16-10(12,13)14;5-6-3(7)1-2-4(6)8/h1-2,4-5H,7H2;1-2H2. The molecule has 2 rings (SSSR count). The van der Waals surface area contributed by atoms with Crippen LogP contribution in [0.4, 0.5) is 13.2 Å². The van der Waals surface area contributed by atoms with Crippen molar-refractivity contribution in [2.24, 2.45) is 0 Å². The molecule has 24 heavy (non-hydrogen) atoms. The number of rotatable bonds is 3. The van der Waals surface area contributed by atoms with Crippen LogP contribution in [0.25, 0.3) is 0 Å². The highest BCUT2D eigenvalue weighted by atomic mass is 35.5. The molecule has 0 saturated carbocycles. The Morgan fingerprint density at radius 2 is 1.67 bits per heavy atom. The molecule has 0 aliphatic carbocycles. The zero-order valence-electron chi connectivity index (χ0n) is 11.9. The Hall–Kier alpha value is -2.11. The number of carbonyl (C=O) groups is 2. The first kappa shape index (κ1) is 19.9. The first-order valence-electron chi connectivity index (χ1n) is 6.32. The molecule has 1 aliphatic rings. The molecule has 1 aliphatic heterocycles. The normalized spacial score (nSPS) is 13.6. The number of imide groups is 1. The van der Waals surface area contributed by atoms with E-state index < -0.39 is 12.1 Å². The fourth-order valence-corrected chi connectivity index (χ4v) is 1.69. The van der Waals surface area contributed by atoms with Crippen LogP contribution in [-0.2, 0) is 9.59 Å². The van der Waals surface area contributed by atoms with Gasteiger partial charge in [-0.2, -0.15) is 4.42 Å². The molecule has 130 valence electrons. The van der Waals surface area contributed by atoms with Crippen molar-refractivity contribution in [2.45, 2.75) is 19.2 Å². The van der Waals surface area contributed by atoms with Crippen LogP contribution >= 0.6 is 23.4 Å². The van der Waals surface area contributed by atoms with Crippen LogP contribution in [0.3, 0.4) is 0 Å². The fourth-order valence-electron chi connectivity index (χ4n) is 1.47. The summed E-state index contributed by atoms with van der Waals surface area (Å²) in [7, 11) is 0. The van der Waals surface area contributed by atoms with Gasteiger partial charge in [0.2, 0.25) is 11.8 Å². The summed E-state index contributed by atoms with van der Waals surface area (Å²) in [5, 5.41) is 2.04. The largest absolute Gasteiger partial charge is 0.573 e. The Bertz CT molecular complexity index is 639. The minimum Gasteiger partial charge on any atom is -0.477 e. The topological polar surface area (TPSA) is 55.8 Å². The Morgan fingerprint density at radius 3 is 2.08 bits per heavy atom. The van der Waals surface area contributed by atoms with Gasteiger partial charge < -0.3 is 9.47 Å². The minimum atomic E-state index is -4.75. The Kier molecular flexibility index (Phi) is 7.68. The van der Waals surface area contributed by atoms with Crippen molar-refractivity contribution in [1.82, 2.24) is 4.42 Å². The van der Waals surface area contributed by atoms with Crippen molar-refractivity contribution in [3.8, 4) is 22.8 Å². The Labute approximate surface area is 145 Å². The summed E-state index contributed by atoms with van der Waals surface area (Å²) in [6.45, 7) is -0.109. The molecular formula is C14H10Cl2F3NO4. The van der Waals surface area contributed by atoms with Crippen molar-refractivity contribution in [3.63, 3.8) is 0 Å². The monoisotopic (exact) mass is 383 g/mol. The van der Waals surface area contributed by atoms with E-state index in [0.717, 1.165) is 6.07 Å². The maximum atomic E-state index is 12.0. The van der Waals surface area contributed by atoms with Gasteiger partial charge in [-0.25, -0.2) is 0 Å². The molecule has 1 fully saturated rings. The number of halogens is 5. The number of alkyl halides is 3. The molecule has 1 saturated heterocycles. The summed E-state index contributed by atoms with van der Waals surface area (Å²) < 4.78 is 45.3. The first-order chi connectivity index (χ1) is 11.2. The number of hydrogen-bond acceptors (Lipinski definition) is 4. The summed E-state index contributed by atoms with van der Waals surface area (Å²) >= 11 is 10.2. The number of nitrogens with zero attached hydrogens (tertiary/aromatic N) is 1. The molecule has 1 aromatic carbocycles. The van der Waals surface area contributed by atoms with Gasteiger partial charge in [-0.05, 0) is 29.7 Å². The second-order valence-electron chi connectivity index (χ2n) is 4.12. The van der Waals surface area contributed by atoms with E-state index in [1.54, 1.807) is 0 Å². The molecule has 0 N–H and O–H groups in total. The lowest BCUT2D eigenvalue weighted by Crippen LogP contribution is -2.17. The molecule has 1 aromatic rings. The third kappa shape index (κ3) is 6.98. The molecular weight excluding hydrogens is 374 g/mol. The lowest BCUT2D eigenvalue weighted by molar-refractivity contribution is -0.275. The van der Waals surface area contributed by atoms with Crippen molar-refractivity contribution in [2.75, 3.05) is 6.61 Å². The predicted octanol–water partition coefficient (Wildman–Crippen LogP) is 3.45. The quantitative estimate of drug-likeness (QED) is 0.455.